The maximum Gasteiger partial charge on any atom is 0.243 e. The first-order valence-corrected chi connectivity index (χ1v) is 13.8. The summed E-state index contributed by atoms with van der Waals surface area (Å²) >= 11 is 7.88. The van der Waals surface area contributed by atoms with Crippen molar-refractivity contribution in [3.8, 4) is 17.1 Å². The van der Waals surface area contributed by atoms with Gasteiger partial charge in [0, 0.05) is 35.1 Å². The molecule has 6 nitrogen and oxygen atoms in total. The van der Waals surface area contributed by atoms with Crippen molar-refractivity contribution in [3.05, 3.63) is 89.4 Å². The van der Waals surface area contributed by atoms with Crippen molar-refractivity contribution in [2.24, 2.45) is 0 Å². The van der Waals surface area contributed by atoms with Crippen LogP contribution in [0.4, 0.5) is 0 Å². The van der Waals surface area contributed by atoms with Crippen molar-refractivity contribution in [1.82, 2.24) is 19.1 Å². The zero-order chi connectivity index (χ0) is 23.5. The summed E-state index contributed by atoms with van der Waals surface area (Å²) in [6.07, 6.45) is 1.79. The van der Waals surface area contributed by atoms with Crippen LogP contribution in [0.5, 0.6) is 0 Å². The van der Waals surface area contributed by atoms with Crippen LogP contribution >= 0.6 is 23.4 Å². The molecule has 0 bridgehead atoms. The molecule has 0 unspecified atom stereocenters. The number of hydrogen-bond donors (Lipinski definition) is 0. The molecule has 0 aliphatic carbocycles. The molecule has 9 heteroatoms. The van der Waals surface area contributed by atoms with E-state index in [2.05, 4.69) is 10.2 Å². The quantitative estimate of drug-likeness (QED) is 0.300. The second kappa shape index (κ2) is 9.92. The maximum absolute atomic E-state index is 13.1. The van der Waals surface area contributed by atoms with Gasteiger partial charge < -0.3 is 0 Å². The molecule has 0 spiro atoms. The first-order valence-electron chi connectivity index (χ1n) is 11.0. The van der Waals surface area contributed by atoms with Crippen LogP contribution in [0.15, 0.2) is 88.9 Å². The number of thioether (sulfide) groups is 1. The summed E-state index contributed by atoms with van der Waals surface area (Å²) in [5.41, 5.74) is 2.61. The van der Waals surface area contributed by atoms with E-state index in [4.69, 9.17) is 11.6 Å². The summed E-state index contributed by atoms with van der Waals surface area (Å²) in [7, 11) is -3.53. The summed E-state index contributed by atoms with van der Waals surface area (Å²) in [5.74, 6) is 1.22. The van der Waals surface area contributed by atoms with Gasteiger partial charge in [-0.3, -0.25) is 4.57 Å². The van der Waals surface area contributed by atoms with Crippen molar-refractivity contribution in [1.29, 1.82) is 0 Å². The van der Waals surface area contributed by atoms with Gasteiger partial charge in [-0.05, 0) is 48.7 Å². The SMILES string of the molecule is O=S(=O)(c1cccc(-c2nnc(SCc3ccccc3Cl)n2-c2ccccc2)c1)N1CCCC1. The highest BCUT2D eigenvalue weighted by Crippen LogP contribution is 2.32. The molecule has 1 aliphatic rings. The molecule has 1 aromatic heterocycles. The standard InChI is InChI=1S/C25H23ClN4O2S2/c26-23-14-5-4-9-20(23)18-33-25-28-27-24(30(25)21-11-2-1-3-12-21)19-10-8-13-22(17-19)34(31,32)29-15-6-7-16-29/h1-5,8-14,17H,6-7,15-16,18H2. The Morgan fingerprint density at radius 3 is 2.38 bits per heavy atom. The van der Waals surface area contributed by atoms with Crippen LogP contribution in [0.1, 0.15) is 18.4 Å². The van der Waals surface area contributed by atoms with Gasteiger partial charge in [-0.25, -0.2) is 8.42 Å². The van der Waals surface area contributed by atoms with Gasteiger partial charge in [-0.15, -0.1) is 10.2 Å². The Labute approximate surface area is 208 Å². The molecule has 0 N–H and O–H groups in total. The number of hydrogen-bond acceptors (Lipinski definition) is 5. The molecule has 3 aromatic carbocycles. The van der Waals surface area contributed by atoms with E-state index in [0.29, 0.717) is 40.4 Å². The summed E-state index contributed by atoms with van der Waals surface area (Å²) < 4.78 is 29.8. The molecule has 2 heterocycles. The Morgan fingerprint density at radius 1 is 0.882 bits per heavy atom. The summed E-state index contributed by atoms with van der Waals surface area (Å²) in [6, 6.07) is 24.5. The van der Waals surface area contributed by atoms with Gasteiger partial charge in [0.2, 0.25) is 10.0 Å². The van der Waals surface area contributed by atoms with Crippen molar-refractivity contribution in [2.75, 3.05) is 13.1 Å². The highest BCUT2D eigenvalue weighted by molar-refractivity contribution is 7.98. The molecular formula is C25H23ClN4O2S2. The van der Waals surface area contributed by atoms with Crippen LogP contribution in [0.2, 0.25) is 5.02 Å². The van der Waals surface area contributed by atoms with Gasteiger partial charge in [0.05, 0.1) is 4.90 Å². The average Bonchev–Trinajstić information content (AvgIpc) is 3.55. The fraction of sp³-hybridized carbons (Fsp3) is 0.200. The fourth-order valence-electron chi connectivity index (χ4n) is 3.99. The molecule has 1 fully saturated rings. The molecule has 4 aromatic rings. The lowest BCUT2D eigenvalue weighted by Gasteiger charge is -2.16. The zero-order valence-corrected chi connectivity index (χ0v) is 20.7. The molecule has 0 amide bonds. The molecule has 34 heavy (non-hydrogen) atoms. The van der Waals surface area contributed by atoms with Crippen LogP contribution in [0, 0.1) is 0 Å². The van der Waals surface area contributed by atoms with Gasteiger partial charge in [0.15, 0.2) is 11.0 Å². The van der Waals surface area contributed by atoms with E-state index < -0.39 is 10.0 Å². The van der Waals surface area contributed by atoms with Gasteiger partial charge in [-0.1, -0.05) is 71.9 Å². The Morgan fingerprint density at radius 2 is 1.62 bits per heavy atom. The minimum Gasteiger partial charge on any atom is -0.270 e. The maximum atomic E-state index is 13.1. The topological polar surface area (TPSA) is 68.1 Å². The average molecular weight is 511 g/mol. The molecule has 174 valence electrons. The number of aromatic nitrogens is 3. The normalized spacial score (nSPS) is 14.5. The van der Waals surface area contributed by atoms with E-state index in [1.165, 1.54) is 11.8 Å². The summed E-state index contributed by atoms with van der Waals surface area (Å²) in [6.45, 7) is 1.13. The first kappa shape index (κ1) is 23.1. The van der Waals surface area contributed by atoms with Crippen LogP contribution in [0.3, 0.4) is 0 Å². The lowest BCUT2D eigenvalue weighted by molar-refractivity contribution is 0.477. The van der Waals surface area contributed by atoms with Crippen molar-refractivity contribution in [2.45, 2.75) is 28.6 Å². The smallest absolute Gasteiger partial charge is 0.243 e. The monoisotopic (exact) mass is 510 g/mol. The Kier molecular flexibility index (Phi) is 6.74. The summed E-state index contributed by atoms with van der Waals surface area (Å²) in [4.78, 5) is 0.278. The second-order valence-electron chi connectivity index (χ2n) is 8.00. The van der Waals surface area contributed by atoms with Crippen LogP contribution in [0.25, 0.3) is 17.1 Å². The number of sulfonamides is 1. The lowest BCUT2D eigenvalue weighted by atomic mass is 10.2. The highest BCUT2D eigenvalue weighted by Gasteiger charge is 2.28. The van der Waals surface area contributed by atoms with Crippen molar-refractivity contribution >= 4 is 33.4 Å². The summed E-state index contributed by atoms with van der Waals surface area (Å²) in [5, 5.41) is 10.3. The lowest BCUT2D eigenvalue weighted by Crippen LogP contribution is -2.27. The molecule has 0 saturated carbocycles. The van der Waals surface area contributed by atoms with E-state index in [0.717, 1.165) is 24.1 Å². The third-order valence-corrected chi connectivity index (χ3v) is 9.00. The zero-order valence-electron chi connectivity index (χ0n) is 18.3. The second-order valence-corrected chi connectivity index (χ2v) is 11.3. The first-order chi connectivity index (χ1) is 16.5. The molecule has 1 aliphatic heterocycles. The van der Waals surface area contributed by atoms with Gasteiger partial charge in [0.25, 0.3) is 0 Å². The van der Waals surface area contributed by atoms with E-state index in [-0.39, 0.29) is 4.90 Å². The van der Waals surface area contributed by atoms with E-state index in [1.807, 2.05) is 65.2 Å². The van der Waals surface area contributed by atoms with E-state index in [1.54, 1.807) is 22.5 Å². The van der Waals surface area contributed by atoms with Crippen LogP contribution in [-0.4, -0.2) is 40.6 Å². The van der Waals surface area contributed by atoms with E-state index >= 15 is 0 Å². The van der Waals surface area contributed by atoms with Gasteiger partial charge in [-0.2, -0.15) is 4.31 Å². The largest absolute Gasteiger partial charge is 0.270 e. The third-order valence-electron chi connectivity index (χ3n) is 5.76. The number of halogens is 1. The Hall–Kier alpha value is -2.65. The third kappa shape index (κ3) is 4.63. The highest BCUT2D eigenvalue weighted by atomic mass is 35.5. The van der Waals surface area contributed by atoms with Crippen LogP contribution in [-0.2, 0) is 15.8 Å². The van der Waals surface area contributed by atoms with Gasteiger partial charge in [0.1, 0.15) is 0 Å². The van der Waals surface area contributed by atoms with Crippen molar-refractivity contribution in [3.63, 3.8) is 0 Å². The molecular weight excluding hydrogens is 488 g/mol. The number of nitrogens with zero attached hydrogens (tertiary/aromatic N) is 4. The minimum absolute atomic E-state index is 0.278. The molecule has 1 saturated heterocycles. The number of benzene rings is 3. The predicted octanol–water partition coefficient (Wildman–Crippen LogP) is 5.66. The molecule has 0 radical (unpaired) electrons. The minimum atomic E-state index is -3.53. The van der Waals surface area contributed by atoms with Gasteiger partial charge >= 0.3 is 0 Å². The van der Waals surface area contributed by atoms with Crippen molar-refractivity contribution < 1.29 is 8.42 Å². The number of para-hydroxylation sites is 1. The molecule has 0 atom stereocenters. The number of rotatable bonds is 7. The van der Waals surface area contributed by atoms with Crippen LogP contribution < -0.4 is 0 Å². The molecule has 5 rings (SSSR count). The van der Waals surface area contributed by atoms with E-state index in [9.17, 15) is 8.42 Å². The Balaban J connectivity index is 1.54. The predicted molar refractivity (Wildman–Crippen MR) is 136 cm³/mol. The fourth-order valence-corrected chi connectivity index (χ4v) is 6.79. The Bertz CT molecular complexity index is 1400.